The van der Waals surface area contributed by atoms with Gasteiger partial charge in [0.05, 0.1) is 6.54 Å². The Labute approximate surface area is 164 Å². The maximum Gasteiger partial charge on any atom is 0.143 e. The smallest absolute Gasteiger partial charge is 0.143 e. The fourth-order valence-corrected chi connectivity index (χ4v) is 5.10. The van der Waals surface area contributed by atoms with Crippen LogP contribution >= 0.6 is 0 Å². The molecule has 2 fully saturated rings. The molecule has 0 atom stereocenters. The average Bonchev–Trinajstić information content (AvgIpc) is 3.15. The Hall–Kier alpha value is -1.39. The summed E-state index contributed by atoms with van der Waals surface area (Å²) in [5.74, 6) is 1.15. The Balaban J connectivity index is 1.18. The van der Waals surface area contributed by atoms with Gasteiger partial charge in [0.1, 0.15) is 5.78 Å². The fourth-order valence-electron chi connectivity index (χ4n) is 5.10. The Kier molecular flexibility index (Phi) is 6.14. The molecule has 148 valence electrons. The number of hydrogen-bond donors (Lipinski definition) is 0. The highest BCUT2D eigenvalue weighted by molar-refractivity contribution is 5.77. The summed E-state index contributed by atoms with van der Waals surface area (Å²) < 4.78 is 0. The van der Waals surface area contributed by atoms with Gasteiger partial charge in [0.25, 0.3) is 0 Å². The summed E-state index contributed by atoms with van der Waals surface area (Å²) in [5.41, 5.74) is 4.60. The lowest BCUT2D eigenvalue weighted by Crippen LogP contribution is -2.47. The van der Waals surface area contributed by atoms with E-state index in [4.69, 9.17) is 0 Å². The number of rotatable bonds is 6. The summed E-state index contributed by atoms with van der Waals surface area (Å²) in [5, 5.41) is 0. The van der Waals surface area contributed by atoms with E-state index in [2.05, 4.69) is 32.9 Å². The van der Waals surface area contributed by atoms with Crippen LogP contribution in [0.3, 0.4) is 0 Å². The van der Waals surface area contributed by atoms with Crippen LogP contribution in [-0.2, 0) is 17.6 Å². The van der Waals surface area contributed by atoms with E-state index < -0.39 is 0 Å². The molecule has 0 N–H and O–H groups in total. The normalized spacial score (nSPS) is 22.2. The molecule has 0 radical (unpaired) electrons. The highest BCUT2D eigenvalue weighted by atomic mass is 16.1. The first-order chi connectivity index (χ1) is 13.2. The molecule has 1 aliphatic carbocycles. The summed E-state index contributed by atoms with van der Waals surface area (Å²) in [6, 6.07) is 7.16. The number of Topliss-reactive ketones (excluding diaryl/α,β-unsaturated/α-hetero) is 1. The van der Waals surface area contributed by atoms with E-state index in [-0.39, 0.29) is 0 Å². The first kappa shape index (κ1) is 18.9. The van der Waals surface area contributed by atoms with Gasteiger partial charge in [0, 0.05) is 31.9 Å². The van der Waals surface area contributed by atoms with Crippen molar-refractivity contribution < 1.29 is 4.79 Å². The molecule has 2 heterocycles. The Bertz CT molecular complexity index is 643. The largest absolute Gasteiger partial charge is 0.369 e. The molecule has 2 aliphatic heterocycles. The molecular formula is C23H35N3O. The van der Waals surface area contributed by atoms with Crippen LogP contribution < -0.4 is 4.90 Å². The summed E-state index contributed by atoms with van der Waals surface area (Å²) in [6.07, 6.45) is 7.74. The molecule has 0 spiro atoms. The summed E-state index contributed by atoms with van der Waals surface area (Å²) in [6.45, 7) is 10.5. The molecule has 1 aromatic carbocycles. The number of likely N-dealkylation sites (tertiary alicyclic amines) is 1. The Morgan fingerprint density at radius 2 is 1.70 bits per heavy atom. The van der Waals surface area contributed by atoms with Gasteiger partial charge < -0.3 is 4.90 Å². The number of piperidine rings is 1. The highest BCUT2D eigenvalue weighted by Crippen LogP contribution is 2.27. The van der Waals surface area contributed by atoms with Crippen LogP contribution in [-0.4, -0.2) is 67.9 Å². The van der Waals surface area contributed by atoms with Crippen LogP contribution in [0.5, 0.6) is 0 Å². The molecule has 0 saturated carbocycles. The number of nitrogens with zero attached hydrogens (tertiary/aromatic N) is 3. The topological polar surface area (TPSA) is 26.8 Å². The third-order valence-electron chi connectivity index (χ3n) is 6.83. The lowest BCUT2D eigenvalue weighted by atomic mass is 9.93. The van der Waals surface area contributed by atoms with E-state index in [9.17, 15) is 4.79 Å². The van der Waals surface area contributed by atoms with Crippen molar-refractivity contribution in [3.05, 3.63) is 29.3 Å². The average molecular weight is 370 g/mol. The standard InChI is InChI=1S/C23H35N3O/c1-19(27)18-25-11-8-20(9-12-25)7-10-24-13-15-26(16-14-24)23-6-5-21-3-2-4-22(21)17-23/h5-6,17,20H,2-4,7-16,18H2,1H3. The molecule has 2 saturated heterocycles. The minimum atomic E-state index is 0.301. The predicted octanol–water partition coefficient (Wildman–Crippen LogP) is 2.99. The number of carbonyl (C=O) groups excluding carboxylic acids is 1. The number of fused-ring (bicyclic) bond motifs is 1. The van der Waals surface area contributed by atoms with Crippen LogP contribution in [0.25, 0.3) is 0 Å². The van der Waals surface area contributed by atoms with Crippen molar-refractivity contribution in [1.29, 1.82) is 0 Å². The van der Waals surface area contributed by atoms with Crippen molar-refractivity contribution in [3.63, 3.8) is 0 Å². The van der Waals surface area contributed by atoms with Gasteiger partial charge in [0.15, 0.2) is 0 Å². The zero-order valence-electron chi connectivity index (χ0n) is 17.0. The molecule has 4 heteroatoms. The molecule has 0 aromatic heterocycles. The second-order valence-corrected chi connectivity index (χ2v) is 8.85. The van der Waals surface area contributed by atoms with E-state index >= 15 is 0 Å². The van der Waals surface area contributed by atoms with E-state index in [0.29, 0.717) is 12.3 Å². The maximum absolute atomic E-state index is 11.3. The van der Waals surface area contributed by atoms with Crippen molar-refractivity contribution >= 4 is 11.5 Å². The van der Waals surface area contributed by atoms with Crippen LogP contribution in [0.2, 0.25) is 0 Å². The minimum absolute atomic E-state index is 0.301. The van der Waals surface area contributed by atoms with Crippen molar-refractivity contribution in [2.75, 3.05) is 57.3 Å². The lowest BCUT2D eigenvalue weighted by Gasteiger charge is -2.37. The summed E-state index contributed by atoms with van der Waals surface area (Å²) >= 11 is 0. The van der Waals surface area contributed by atoms with Gasteiger partial charge in [-0.1, -0.05) is 6.07 Å². The molecule has 0 amide bonds. The summed E-state index contributed by atoms with van der Waals surface area (Å²) in [4.78, 5) is 18.8. The van der Waals surface area contributed by atoms with Crippen LogP contribution in [0.1, 0.15) is 43.7 Å². The van der Waals surface area contributed by atoms with Gasteiger partial charge in [0.2, 0.25) is 0 Å². The third kappa shape index (κ3) is 4.91. The first-order valence-electron chi connectivity index (χ1n) is 11.0. The van der Waals surface area contributed by atoms with Gasteiger partial charge in [-0.05, 0) is 94.3 Å². The molecule has 27 heavy (non-hydrogen) atoms. The second kappa shape index (κ2) is 8.74. The van der Waals surface area contributed by atoms with E-state index in [1.54, 1.807) is 18.1 Å². The monoisotopic (exact) mass is 369 g/mol. The molecule has 1 aromatic rings. The van der Waals surface area contributed by atoms with Gasteiger partial charge in [-0.3, -0.25) is 14.6 Å². The summed E-state index contributed by atoms with van der Waals surface area (Å²) in [7, 11) is 0. The number of aryl methyl sites for hydroxylation is 2. The van der Waals surface area contributed by atoms with Gasteiger partial charge in [-0.25, -0.2) is 0 Å². The maximum atomic E-state index is 11.3. The fraction of sp³-hybridized carbons (Fsp3) is 0.696. The number of hydrogen-bond acceptors (Lipinski definition) is 4. The third-order valence-corrected chi connectivity index (χ3v) is 6.83. The van der Waals surface area contributed by atoms with E-state index in [0.717, 1.165) is 32.1 Å². The number of anilines is 1. The quantitative estimate of drug-likeness (QED) is 0.770. The molecule has 0 unspecified atom stereocenters. The zero-order valence-corrected chi connectivity index (χ0v) is 17.0. The van der Waals surface area contributed by atoms with Crippen molar-refractivity contribution in [2.45, 2.75) is 45.4 Å². The predicted molar refractivity (Wildman–Crippen MR) is 112 cm³/mol. The number of piperazine rings is 1. The first-order valence-corrected chi connectivity index (χ1v) is 11.0. The van der Waals surface area contributed by atoms with Crippen LogP contribution in [0, 0.1) is 5.92 Å². The SMILES string of the molecule is CC(=O)CN1CCC(CCN2CCN(c3ccc4c(c3)CCC4)CC2)CC1. The molecular weight excluding hydrogens is 334 g/mol. The van der Waals surface area contributed by atoms with Crippen molar-refractivity contribution in [2.24, 2.45) is 5.92 Å². The number of carbonyl (C=O) groups is 1. The highest BCUT2D eigenvalue weighted by Gasteiger charge is 2.23. The number of benzene rings is 1. The van der Waals surface area contributed by atoms with Crippen molar-refractivity contribution in [3.8, 4) is 0 Å². The van der Waals surface area contributed by atoms with Crippen LogP contribution in [0.15, 0.2) is 18.2 Å². The minimum Gasteiger partial charge on any atom is -0.369 e. The van der Waals surface area contributed by atoms with Gasteiger partial charge >= 0.3 is 0 Å². The molecule has 0 bridgehead atoms. The van der Waals surface area contributed by atoms with E-state index in [1.165, 1.54) is 63.8 Å². The second-order valence-electron chi connectivity index (χ2n) is 8.85. The molecule has 3 aliphatic rings. The van der Waals surface area contributed by atoms with Crippen LogP contribution in [0.4, 0.5) is 5.69 Å². The molecule has 4 nitrogen and oxygen atoms in total. The Morgan fingerprint density at radius 1 is 0.963 bits per heavy atom. The van der Waals surface area contributed by atoms with Gasteiger partial charge in [-0.15, -0.1) is 0 Å². The number of ketones is 1. The Morgan fingerprint density at radius 3 is 2.44 bits per heavy atom. The van der Waals surface area contributed by atoms with E-state index in [1.807, 2.05) is 0 Å². The van der Waals surface area contributed by atoms with Crippen molar-refractivity contribution in [1.82, 2.24) is 9.80 Å². The van der Waals surface area contributed by atoms with Gasteiger partial charge in [-0.2, -0.15) is 0 Å². The molecule has 4 rings (SSSR count). The zero-order chi connectivity index (χ0) is 18.6. The lowest BCUT2D eigenvalue weighted by molar-refractivity contribution is -0.118.